The van der Waals surface area contributed by atoms with Crippen molar-refractivity contribution in [1.82, 2.24) is 0 Å². The van der Waals surface area contributed by atoms with Crippen LogP contribution in [0.25, 0.3) is 0 Å². The highest BCUT2D eigenvalue weighted by Crippen LogP contribution is 2.40. The molecule has 0 radical (unpaired) electrons. The van der Waals surface area contributed by atoms with Gasteiger partial charge in [0, 0.05) is 0 Å². The van der Waals surface area contributed by atoms with E-state index < -0.39 is 17.7 Å². The highest BCUT2D eigenvalue weighted by molar-refractivity contribution is 5.68. The molecule has 170 valence electrons. The number of carbonyl (C=O) groups is 1. The fourth-order valence-corrected chi connectivity index (χ4v) is 3.79. The van der Waals surface area contributed by atoms with Crippen LogP contribution in [0, 0.1) is 0 Å². The lowest BCUT2D eigenvalue weighted by Crippen LogP contribution is -2.35. The highest BCUT2D eigenvalue weighted by Gasteiger charge is 2.40. The summed E-state index contributed by atoms with van der Waals surface area (Å²) >= 11 is 0. The summed E-state index contributed by atoms with van der Waals surface area (Å²) in [7, 11) is 0. The van der Waals surface area contributed by atoms with Crippen molar-refractivity contribution in [3.05, 3.63) is 89.5 Å². The number of alkyl halides is 1. The SMILES string of the molecule is CCCCOC1(F)C=C(COc2cccc([C@H](C)CC(=O)O)c2)C=CC1c1ccccc1. The third-order valence-corrected chi connectivity index (χ3v) is 5.60. The molecule has 1 N–H and O–H groups in total. The van der Waals surface area contributed by atoms with Crippen molar-refractivity contribution in [3.8, 4) is 5.75 Å². The molecule has 3 rings (SSSR count). The lowest BCUT2D eigenvalue weighted by Gasteiger charge is -2.33. The first-order valence-corrected chi connectivity index (χ1v) is 11.1. The van der Waals surface area contributed by atoms with Gasteiger partial charge in [-0.3, -0.25) is 4.79 Å². The van der Waals surface area contributed by atoms with Gasteiger partial charge in [-0.25, -0.2) is 4.39 Å². The summed E-state index contributed by atoms with van der Waals surface area (Å²) < 4.78 is 27.7. The van der Waals surface area contributed by atoms with Crippen molar-refractivity contribution in [3.63, 3.8) is 0 Å². The van der Waals surface area contributed by atoms with Gasteiger partial charge in [0.15, 0.2) is 0 Å². The first-order chi connectivity index (χ1) is 15.4. The number of carboxylic acid groups (broad SMARTS) is 1. The normalized spacial score (nSPS) is 21.1. The lowest BCUT2D eigenvalue weighted by molar-refractivity contribution is -0.137. The van der Waals surface area contributed by atoms with Crippen molar-refractivity contribution < 1.29 is 23.8 Å². The van der Waals surface area contributed by atoms with Gasteiger partial charge < -0.3 is 14.6 Å². The summed E-state index contributed by atoms with van der Waals surface area (Å²) in [6.45, 7) is 4.45. The Balaban J connectivity index is 1.73. The van der Waals surface area contributed by atoms with Crippen molar-refractivity contribution in [2.75, 3.05) is 13.2 Å². The van der Waals surface area contributed by atoms with Crippen LogP contribution in [0.3, 0.4) is 0 Å². The van der Waals surface area contributed by atoms with E-state index in [0.29, 0.717) is 17.9 Å². The molecule has 32 heavy (non-hydrogen) atoms. The summed E-state index contributed by atoms with van der Waals surface area (Å²) in [6, 6.07) is 16.9. The number of hydrogen-bond donors (Lipinski definition) is 1. The third kappa shape index (κ3) is 6.30. The Hall–Kier alpha value is -2.92. The van der Waals surface area contributed by atoms with Gasteiger partial charge in [0.1, 0.15) is 12.4 Å². The molecule has 4 nitrogen and oxygen atoms in total. The molecule has 0 aliphatic heterocycles. The molecule has 0 fully saturated rings. The second kappa shape index (κ2) is 11.1. The van der Waals surface area contributed by atoms with E-state index in [1.54, 1.807) is 0 Å². The molecule has 1 aliphatic rings. The second-order valence-electron chi connectivity index (χ2n) is 8.23. The number of rotatable bonds is 11. The van der Waals surface area contributed by atoms with Gasteiger partial charge in [0.05, 0.1) is 18.9 Å². The first kappa shape index (κ1) is 23.7. The van der Waals surface area contributed by atoms with E-state index in [4.69, 9.17) is 14.6 Å². The Kier molecular flexibility index (Phi) is 8.23. The second-order valence-corrected chi connectivity index (χ2v) is 8.23. The zero-order chi connectivity index (χ0) is 23.0. The lowest BCUT2D eigenvalue weighted by atomic mass is 9.86. The van der Waals surface area contributed by atoms with E-state index in [-0.39, 0.29) is 18.9 Å². The Morgan fingerprint density at radius 2 is 1.97 bits per heavy atom. The van der Waals surface area contributed by atoms with Crippen LogP contribution in [-0.4, -0.2) is 30.1 Å². The summed E-state index contributed by atoms with van der Waals surface area (Å²) in [5, 5.41) is 9.02. The predicted molar refractivity (Wildman–Crippen MR) is 124 cm³/mol. The maximum Gasteiger partial charge on any atom is 0.303 e. The molecule has 0 bridgehead atoms. The van der Waals surface area contributed by atoms with Gasteiger partial charge in [0.2, 0.25) is 5.85 Å². The number of unbranched alkanes of at least 4 members (excludes halogenated alkanes) is 1. The van der Waals surface area contributed by atoms with Gasteiger partial charge in [-0.2, -0.15) is 0 Å². The van der Waals surface area contributed by atoms with Gasteiger partial charge in [-0.1, -0.05) is 74.9 Å². The van der Waals surface area contributed by atoms with Crippen molar-refractivity contribution in [2.24, 2.45) is 0 Å². The number of ether oxygens (including phenoxy) is 2. The molecule has 2 aromatic rings. The number of halogens is 1. The van der Waals surface area contributed by atoms with Gasteiger partial charge in [-0.05, 0) is 47.2 Å². The van der Waals surface area contributed by atoms with E-state index in [0.717, 1.165) is 24.0 Å². The topological polar surface area (TPSA) is 55.8 Å². The van der Waals surface area contributed by atoms with Crippen LogP contribution in [0.15, 0.2) is 78.4 Å². The zero-order valence-electron chi connectivity index (χ0n) is 18.7. The van der Waals surface area contributed by atoms with E-state index in [1.807, 2.05) is 80.6 Å². The van der Waals surface area contributed by atoms with E-state index in [1.165, 1.54) is 6.08 Å². The molecule has 0 saturated heterocycles. The molecular weight excluding hydrogens is 407 g/mol. The number of carboxylic acids is 1. The first-order valence-electron chi connectivity index (χ1n) is 11.1. The molecule has 5 heteroatoms. The summed E-state index contributed by atoms with van der Waals surface area (Å²) in [6.07, 6.45) is 7.02. The molecule has 2 unspecified atom stereocenters. The fourth-order valence-electron chi connectivity index (χ4n) is 3.79. The average molecular weight is 439 g/mol. The van der Waals surface area contributed by atoms with Gasteiger partial charge in [-0.15, -0.1) is 0 Å². The standard InChI is InChI=1S/C27H31FO4/c1-3-4-15-32-27(28)18-21(13-14-25(27)22-9-6-5-7-10-22)19-31-24-12-8-11-23(17-24)20(2)16-26(29)30/h5-14,17-18,20,25H,3-4,15-16,19H2,1-2H3,(H,29,30)/t20-,25?,27?/m1/s1. The van der Waals surface area contributed by atoms with Crippen LogP contribution < -0.4 is 4.74 Å². The summed E-state index contributed by atoms with van der Waals surface area (Å²) in [4.78, 5) is 11.0. The smallest absolute Gasteiger partial charge is 0.303 e. The number of hydrogen-bond acceptors (Lipinski definition) is 3. The van der Waals surface area contributed by atoms with Crippen molar-refractivity contribution in [1.29, 1.82) is 0 Å². The average Bonchev–Trinajstić information content (AvgIpc) is 2.78. The monoisotopic (exact) mass is 438 g/mol. The maximum absolute atomic E-state index is 16.1. The Labute approximate surface area is 189 Å². The molecule has 1 aliphatic carbocycles. The molecular formula is C27H31FO4. The molecule has 0 saturated carbocycles. The van der Waals surface area contributed by atoms with E-state index in [2.05, 4.69) is 0 Å². The highest BCUT2D eigenvalue weighted by atomic mass is 19.2. The molecule has 0 spiro atoms. The minimum absolute atomic E-state index is 0.0533. The van der Waals surface area contributed by atoms with E-state index >= 15 is 4.39 Å². The molecule has 0 aromatic heterocycles. The van der Waals surface area contributed by atoms with Crippen LogP contribution >= 0.6 is 0 Å². The Bertz CT molecular complexity index is 953. The Morgan fingerprint density at radius 3 is 2.69 bits per heavy atom. The van der Waals surface area contributed by atoms with Crippen LogP contribution in [-0.2, 0) is 9.53 Å². The van der Waals surface area contributed by atoms with Crippen LogP contribution in [0.1, 0.15) is 56.1 Å². The van der Waals surface area contributed by atoms with E-state index in [9.17, 15) is 4.79 Å². The minimum atomic E-state index is -1.94. The Morgan fingerprint density at radius 1 is 1.19 bits per heavy atom. The molecule has 0 heterocycles. The quantitative estimate of drug-likeness (QED) is 0.412. The van der Waals surface area contributed by atoms with Crippen LogP contribution in [0.4, 0.5) is 4.39 Å². The molecule has 0 amide bonds. The number of aliphatic carboxylic acids is 1. The zero-order valence-corrected chi connectivity index (χ0v) is 18.7. The van der Waals surface area contributed by atoms with Gasteiger partial charge in [0.25, 0.3) is 0 Å². The van der Waals surface area contributed by atoms with Crippen LogP contribution in [0.5, 0.6) is 5.75 Å². The van der Waals surface area contributed by atoms with Crippen molar-refractivity contribution in [2.45, 2.75) is 50.8 Å². The number of benzene rings is 2. The fraction of sp³-hybridized carbons (Fsp3) is 0.370. The van der Waals surface area contributed by atoms with Crippen LogP contribution in [0.2, 0.25) is 0 Å². The molecule has 2 aromatic carbocycles. The molecule has 3 atom stereocenters. The third-order valence-electron chi connectivity index (χ3n) is 5.60. The van der Waals surface area contributed by atoms with Crippen molar-refractivity contribution >= 4 is 5.97 Å². The summed E-state index contributed by atoms with van der Waals surface area (Å²) in [5.74, 6) is -2.80. The largest absolute Gasteiger partial charge is 0.489 e. The maximum atomic E-state index is 16.1. The minimum Gasteiger partial charge on any atom is -0.489 e. The predicted octanol–water partition coefficient (Wildman–Crippen LogP) is 6.41. The van der Waals surface area contributed by atoms with Gasteiger partial charge >= 0.3 is 5.97 Å². The summed E-state index contributed by atoms with van der Waals surface area (Å²) in [5.41, 5.74) is 2.45.